The summed E-state index contributed by atoms with van der Waals surface area (Å²) in [4.78, 5) is 4.40. The third-order valence-corrected chi connectivity index (χ3v) is 3.93. The second-order valence-corrected chi connectivity index (χ2v) is 5.94. The van der Waals surface area contributed by atoms with E-state index in [9.17, 15) is 0 Å². The van der Waals surface area contributed by atoms with E-state index in [4.69, 9.17) is 5.73 Å². The number of hydrogen-bond donors (Lipinski definition) is 1. The van der Waals surface area contributed by atoms with Gasteiger partial charge in [-0.1, -0.05) is 45.8 Å². The number of nitrogens with two attached hydrogens (primary N) is 1. The van der Waals surface area contributed by atoms with Crippen LogP contribution in [-0.2, 0) is 6.42 Å². The van der Waals surface area contributed by atoms with Crippen molar-refractivity contribution in [2.75, 3.05) is 5.73 Å². The first kappa shape index (κ1) is 13.1. The molecule has 3 aromatic rings. The van der Waals surface area contributed by atoms with E-state index in [2.05, 4.69) is 58.2 Å². The average Bonchev–Trinajstić information content (AvgIpc) is 2.42. The zero-order valence-corrected chi connectivity index (χ0v) is 12.8. The summed E-state index contributed by atoms with van der Waals surface area (Å²) in [5, 5.41) is 1.11. The fraction of sp³-hybridized carbons (Fsp3) is 0.118. The Morgan fingerprint density at radius 1 is 1.15 bits per heavy atom. The number of aromatic nitrogens is 1. The van der Waals surface area contributed by atoms with Gasteiger partial charge < -0.3 is 5.73 Å². The van der Waals surface area contributed by atoms with Crippen molar-refractivity contribution in [3.8, 4) is 0 Å². The van der Waals surface area contributed by atoms with Crippen molar-refractivity contribution in [3.63, 3.8) is 0 Å². The SMILES string of the molecule is Cc1cccc(Cc2c(N)cnc3ccc(Br)cc23)c1. The van der Waals surface area contributed by atoms with Crippen molar-refractivity contribution < 1.29 is 0 Å². The number of nitrogen functional groups attached to an aromatic ring is 1. The topological polar surface area (TPSA) is 38.9 Å². The van der Waals surface area contributed by atoms with Gasteiger partial charge in [-0.25, -0.2) is 0 Å². The maximum Gasteiger partial charge on any atom is 0.0707 e. The molecule has 0 bridgehead atoms. The Balaban J connectivity index is 2.14. The van der Waals surface area contributed by atoms with E-state index >= 15 is 0 Å². The third kappa shape index (κ3) is 2.54. The number of anilines is 1. The van der Waals surface area contributed by atoms with Crippen LogP contribution in [0.2, 0.25) is 0 Å². The predicted octanol–water partition coefficient (Wildman–Crippen LogP) is 4.48. The zero-order chi connectivity index (χ0) is 14.1. The fourth-order valence-corrected chi connectivity index (χ4v) is 2.82. The Bertz CT molecular complexity index is 776. The lowest BCUT2D eigenvalue weighted by Gasteiger charge is -2.10. The molecule has 0 radical (unpaired) electrons. The van der Waals surface area contributed by atoms with Gasteiger partial charge in [-0.3, -0.25) is 4.98 Å². The Kier molecular flexibility index (Phi) is 3.45. The first-order chi connectivity index (χ1) is 9.63. The molecular formula is C17H15BrN2. The van der Waals surface area contributed by atoms with Crippen LogP contribution in [0.4, 0.5) is 5.69 Å². The lowest BCUT2D eigenvalue weighted by atomic mass is 9.99. The van der Waals surface area contributed by atoms with Gasteiger partial charge in [-0.05, 0) is 36.2 Å². The van der Waals surface area contributed by atoms with Crippen LogP contribution in [-0.4, -0.2) is 4.98 Å². The second kappa shape index (κ2) is 5.25. The van der Waals surface area contributed by atoms with Crippen LogP contribution in [0.25, 0.3) is 10.9 Å². The molecule has 0 aliphatic carbocycles. The van der Waals surface area contributed by atoms with Crippen LogP contribution in [0.5, 0.6) is 0 Å². The molecule has 20 heavy (non-hydrogen) atoms. The Labute approximate surface area is 126 Å². The van der Waals surface area contributed by atoms with E-state index in [1.54, 1.807) is 6.20 Å². The highest BCUT2D eigenvalue weighted by molar-refractivity contribution is 9.10. The van der Waals surface area contributed by atoms with Crippen LogP contribution in [0, 0.1) is 6.92 Å². The molecule has 3 heteroatoms. The molecule has 2 aromatic carbocycles. The van der Waals surface area contributed by atoms with Crippen molar-refractivity contribution in [2.45, 2.75) is 13.3 Å². The lowest BCUT2D eigenvalue weighted by molar-refractivity contribution is 1.19. The number of pyridine rings is 1. The summed E-state index contributed by atoms with van der Waals surface area (Å²) in [5.74, 6) is 0. The van der Waals surface area contributed by atoms with Crippen molar-refractivity contribution in [1.29, 1.82) is 0 Å². The Hall–Kier alpha value is -1.87. The maximum absolute atomic E-state index is 6.14. The molecule has 0 spiro atoms. The van der Waals surface area contributed by atoms with Gasteiger partial charge in [0, 0.05) is 16.3 Å². The van der Waals surface area contributed by atoms with E-state index < -0.39 is 0 Å². The van der Waals surface area contributed by atoms with Gasteiger partial charge in [-0.15, -0.1) is 0 Å². The monoisotopic (exact) mass is 326 g/mol. The summed E-state index contributed by atoms with van der Waals surface area (Å²) in [5.41, 5.74) is 11.5. The van der Waals surface area contributed by atoms with Gasteiger partial charge in [0.05, 0.1) is 17.4 Å². The van der Waals surface area contributed by atoms with Gasteiger partial charge in [-0.2, -0.15) is 0 Å². The largest absolute Gasteiger partial charge is 0.397 e. The van der Waals surface area contributed by atoms with Crippen molar-refractivity contribution in [3.05, 3.63) is 69.8 Å². The summed E-state index contributed by atoms with van der Waals surface area (Å²) < 4.78 is 1.04. The minimum absolute atomic E-state index is 0.747. The molecule has 2 nitrogen and oxygen atoms in total. The summed E-state index contributed by atoms with van der Waals surface area (Å²) in [6.45, 7) is 2.11. The number of aryl methyl sites for hydroxylation is 1. The third-order valence-electron chi connectivity index (χ3n) is 3.44. The summed E-state index contributed by atoms with van der Waals surface area (Å²) >= 11 is 3.52. The lowest BCUT2D eigenvalue weighted by Crippen LogP contribution is -1.99. The van der Waals surface area contributed by atoms with E-state index in [-0.39, 0.29) is 0 Å². The molecule has 2 N–H and O–H groups in total. The number of fused-ring (bicyclic) bond motifs is 1. The van der Waals surface area contributed by atoms with Gasteiger partial charge in [0.2, 0.25) is 0 Å². The molecule has 0 amide bonds. The van der Waals surface area contributed by atoms with Crippen molar-refractivity contribution >= 4 is 32.5 Å². The van der Waals surface area contributed by atoms with Gasteiger partial charge in [0.1, 0.15) is 0 Å². The van der Waals surface area contributed by atoms with Crippen molar-refractivity contribution in [2.24, 2.45) is 0 Å². The maximum atomic E-state index is 6.14. The minimum Gasteiger partial charge on any atom is -0.397 e. The molecule has 0 saturated carbocycles. The molecule has 0 aliphatic heterocycles. The molecule has 3 rings (SSSR count). The fourth-order valence-electron chi connectivity index (χ4n) is 2.46. The number of benzene rings is 2. The summed E-state index contributed by atoms with van der Waals surface area (Å²) in [6.07, 6.45) is 2.57. The van der Waals surface area contributed by atoms with Crippen LogP contribution < -0.4 is 5.73 Å². The highest BCUT2D eigenvalue weighted by atomic mass is 79.9. The second-order valence-electron chi connectivity index (χ2n) is 5.02. The zero-order valence-electron chi connectivity index (χ0n) is 11.2. The number of hydrogen-bond acceptors (Lipinski definition) is 2. The van der Waals surface area contributed by atoms with Crippen LogP contribution in [0.1, 0.15) is 16.7 Å². The van der Waals surface area contributed by atoms with E-state index in [1.165, 1.54) is 11.1 Å². The average molecular weight is 327 g/mol. The summed E-state index contributed by atoms with van der Waals surface area (Å²) in [7, 11) is 0. The molecule has 0 atom stereocenters. The van der Waals surface area contributed by atoms with Gasteiger partial charge >= 0.3 is 0 Å². The van der Waals surface area contributed by atoms with Gasteiger partial charge in [0.25, 0.3) is 0 Å². The molecule has 1 heterocycles. The number of halogens is 1. The molecular weight excluding hydrogens is 312 g/mol. The number of nitrogens with zero attached hydrogens (tertiary/aromatic N) is 1. The normalized spacial score (nSPS) is 10.9. The molecule has 100 valence electrons. The Morgan fingerprint density at radius 2 is 2.00 bits per heavy atom. The van der Waals surface area contributed by atoms with E-state index in [0.717, 1.165) is 33.0 Å². The molecule has 0 fully saturated rings. The highest BCUT2D eigenvalue weighted by Crippen LogP contribution is 2.27. The minimum atomic E-state index is 0.747. The van der Waals surface area contributed by atoms with Crippen LogP contribution >= 0.6 is 15.9 Å². The summed E-state index contributed by atoms with van der Waals surface area (Å²) in [6, 6.07) is 14.6. The Morgan fingerprint density at radius 3 is 2.80 bits per heavy atom. The standard InChI is InChI=1S/C17H15BrN2/c1-11-3-2-4-12(7-11)8-14-15-9-13(18)5-6-17(15)20-10-16(14)19/h2-7,9-10H,8,19H2,1H3. The van der Waals surface area contributed by atoms with Gasteiger partial charge in [0.15, 0.2) is 0 Å². The predicted molar refractivity (Wildman–Crippen MR) is 87.8 cm³/mol. The van der Waals surface area contributed by atoms with E-state index in [1.807, 2.05) is 12.1 Å². The van der Waals surface area contributed by atoms with Crippen molar-refractivity contribution in [1.82, 2.24) is 4.98 Å². The quantitative estimate of drug-likeness (QED) is 0.754. The van der Waals surface area contributed by atoms with Crippen LogP contribution in [0.3, 0.4) is 0 Å². The smallest absolute Gasteiger partial charge is 0.0707 e. The first-order valence-electron chi connectivity index (χ1n) is 6.51. The molecule has 1 aromatic heterocycles. The first-order valence-corrected chi connectivity index (χ1v) is 7.31. The van der Waals surface area contributed by atoms with E-state index in [0.29, 0.717) is 0 Å². The highest BCUT2D eigenvalue weighted by Gasteiger charge is 2.08. The molecule has 0 unspecified atom stereocenters. The molecule has 0 aliphatic rings. The molecule has 0 saturated heterocycles. The van der Waals surface area contributed by atoms with Crippen LogP contribution in [0.15, 0.2) is 53.1 Å². The number of rotatable bonds is 2.